The summed E-state index contributed by atoms with van der Waals surface area (Å²) in [4.78, 5) is 8.33. The maximum Gasteiger partial charge on any atom is 0.239 e. The molecule has 0 saturated carbocycles. The smallest absolute Gasteiger partial charge is 0.239 e. The second-order valence-electron chi connectivity index (χ2n) is 4.05. The number of aromatic nitrogens is 2. The molecule has 1 atom stereocenters. The Kier molecular flexibility index (Phi) is 4.70. The van der Waals surface area contributed by atoms with Gasteiger partial charge in [-0.1, -0.05) is 37.3 Å². The van der Waals surface area contributed by atoms with Gasteiger partial charge >= 0.3 is 0 Å². The summed E-state index contributed by atoms with van der Waals surface area (Å²) in [5, 5.41) is 3.39. The molecule has 19 heavy (non-hydrogen) atoms. The maximum atomic E-state index is 5.33. The number of hydrazine groups is 1. The molecule has 2 aromatic rings. The van der Waals surface area contributed by atoms with Gasteiger partial charge in [0.15, 0.2) is 0 Å². The lowest BCUT2D eigenvalue weighted by molar-refractivity contribution is 0.743. The first-order valence-corrected chi connectivity index (χ1v) is 6.84. The molecule has 1 aromatic carbocycles. The van der Waals surface area contributed by atoms with Gasteiger partial charge in [0.2, 0.25) is 5.95 Å². The number of benzene rings is 1. The fraction of sp³-hybridized carbons (Fsp3) is 0.231. The average Bonchev–Trinajstić information content (AvgIpc) is 2.47. The Balaban J connectivity index is 2.23. The largest absolute Gasteiger partial charge is 0.362 e. The average molecular weight is 322 g/mol. The van der Waals surface area contributed by atoms with E-state index in [2.05, 4.69) is 55.7 Å². The number of hydrogen-bond donors (Lipinski definition) is 3. The highest BCUT2D eigenvalue weighted by molar-refractivity contribution is 9.10. The first kappa shape index (κ1) is 13.8. The Morgan fingerprint density at radius 1 is 1.32 bits per heavy atom. The topological polar surface area (TPSA) is 75.9 Å². The number of nitrogens with one attached hydrogen (secondary N) is 2. The van der Waals surface area contributed by atoms with Gasteiger partial charge in [-0.25, -0.2) is 10.8 Å². The lowest BCUT2D eigenvalue weighted by Crippen LogP contribution is -2.14. The lowest BCUT2D eigenvalue weighted by Gasteiger charge is -2.19. The molecule has 0 amide bonds. The molecule has 6 heteroatoms. The Morgan fingerprint density at radius 3 is 2.68 bits per heavy atom. The fourth-order valence-corrected chi connectivity index (χ4v) is 2.11. The van der Waals surface area contributed by atoms with E-state index in [-0.39, 0.29) is 6.04 Å². The maximum absolute atomic E-state index is 5.33. The van der Waals surface area contributed by atoms with Crippen LogP contribution in [0.3, 0.4) is 0 Å². The van der Waals surface area contributed by atoms with E-state index in [4.69, 9.17) is 5.84 Å². The van der Waals surface area contributed by atoms with E-state index >= 15 is 0 Å². The van der Waals surface area contributed by atoms with Crippen molar-refractivity contribution in [2.45, 2.75) is 19.4 Å². The third kappa shape index (κ3) is 3.42. The van der Waals surface area contributed by atoms with Crippen LogP contribution < -0.4 is 16.6 Å². The van der Waals surface area contributed by atoms with Crippen LogP contribution in [0.4, 0.5) is 11.8 Å². The molecule has 4 N–H and O–H groups in total. The summed E-state index contributed by atoms with van der Waals surface area (Å²) in [6.07, 6.45) is 2.62. The predicted octanol–water partition coefficient (Wildman–Crippen LogP) is 3.09. The van der Waals surface area contributed by atoms with E-state index in [1.165, 1.54) is 5.56 Å². The normalized spacial score (nSPS) is 11.9. The molecular formula is C13H16BrN5. The van der Waals surface area contributed by atoms with Crippen molar-refractivity contribution >= 4 is 27.7 Å². The van der Waals surface area contributed by atoms with Gasteiger partial charge in [0, 0.05) is 6.20 Å². The van der Waals surface area contributed by atoms with Crippen LogP contribution in [0, 0.1) is 0 Å². The van der Waals surface area contributed by atoms with Crippen LogP contribution in [0.15, 0.2) is 41.0 Å². The number of nitrogens with two attached hydrogens (primary N) is 1. The number of rotatable bonds is 5. The SMILES string of the molecule is CCC(Nc1nc(NN)ncc1Br)c1ccccc1. The summed E-state index contributed by atoms with van der Waals surface area (Å²) >= 11 is 3.43. The van der Waals surface area contributed by atoms with Crippen molar-refractivity contribution in [3.8, 4) is 0 Å². The molecule has 0 bridgehead atoms. The summed E-state index contributed by atoms with van der Waals surface area (Å²) in [7, 11) is 0. The van der Waals surface area contributed by atoms with E-state index < -0.39 is 0 Å². The van der Waals surface area contributed by atoms with Crippen molar-refractivity contribution in [3.63, 3.8) is 0 Å². The number of nitrogen functional groups attached to an aromatic ring is 1. The minimum Gasteiger partial charge on any atom is -0.362 e. The summed E-state index contributed by atoms with van der Waals surface area (Å²) in [6, 6.07) is 10.4. The van der Waals surface area contributed by atoms with Gasteiger partial charge in [-0.2, -0.15) is 4.98 Å². The molecule has 0 aliphatic carbocycles. The van der Waals surface area contributed by atoms with E-state index in [0.717, 1.165) is 16.7 Å². The highest BCUT2D eigenvalue weighted by atomic mass is 79.9. The molecule has 0 fully saturated rings. The van der Waals surface area contributed by atoms with Gasteiger partial charge < -0.3 is 5.32 Å². The number of anilines is 2. The Morgan fingerprint density at radius 2 is 2.05 bits per heavy atom. The van der Waals surface area contributed by atoms with Gasteiger partial charge in [-0.05, 0) is 27.9 Å². The third-order valence-corrected chi connectivity index (χ3v) is 3.37. The van der Waals surface area contributed by atoms with Crippen LogP contribution in [0.1, 0.15) is 24.9 Å². The highest BCUT2D eigenvalue weighted by Crippen LogP contribution is 2.26. The molecule has 2 rings (SSSR count). The molecule has 0 saturated heterocycles. The van der Waals surface area contributed by atoms with Gasteiger partial charge in [-0.15, -0.1) is 0 Å². The monoisotopic (exact) mass is 321 g/mol. The van der Waals surface area contributed by atoms with Gasteiger partial charge in [0.1, 0.15) is 5.82 Å². The Hall–Kier alpha value is -1.66. The molecule has 1 aromatic heterocycles. The number of halogens is 1. The second kappa shape index (κ2) is 6.49. The van der Waals surface area contributed by atoms with E-state index in [1.807, 2.05) is 18.2 Å². The highest BCUT2D eigenvalue weighted by Gasteiger charge is 2.12. The lowest BCUT2D eigenvalue weighted by atomic mass is 10.0. The van der Waals surface area contributed by atoms with Gasteiger partial charge in [0.05, 0.1) is 10.5 Å². The van der Waals surface area contributed by atoms with Crippen molar-refractivity contribution < 1.29 is 0 Å². The first-order valence-electron chi connectivity index (χ1n) is 6.05. The van der Waals surface area contributed by atoms with E-state index in [9.17, 15) is 0 Å². The Labute approximate surface area is 120 Å². The van der Waals surface area contributed by atoms with Crippen molar-refractivity contribution in [2.24, 2.45) is 5.84 Å². The Bertz CT molecular complexity index is 532. The molecule has 0 aliphatic heterocycles. The number of nitrogens with zero attached hydrogens (tertiary/aromatic N) is 2. The summed E-state index contributed by atoms with van der Waals surface area (Å²) in [5.74, 6) is 6.43. The number of hydrogen-bond acceptors (Lipinski definition) is 5. The summed E-state index contributed by atoms with van der Waals surface area (Å²) in [5.41, 5.74) is 3.66. The van der Waals surface area contributed by atoms with E-state index in [0.29, 0.717) is 5.95 Å². The zero-order chi connectivity index (χ0) is 13.7. The summed E-state index contributed by atoms with van der Waals surface area (Å²) < 4.78 is 0.806. The minimum atomic E-state index is 0.193. The molecule has 100 valence electrons. The van der Waals surface area contributed by atoms with Crippen LogP contribution in [0.5, 0.6) is 0 Å². The van der Waals surface area contributed by atoms with Crippen LogP contribution >= 0.6 is 15.9 Å². The zero-order valence-electron chi connectivity index (χ0n) is 10.6. The van der Waals surface area contributed by atoms with Gasteiger partial charge in [-0.3, -0.25) is 5.43 Å². The first-order chi connectivity index (χ1) is 9.24. The predicted molar refractivity (Wildman–Crippen MR) is 80.6 cm³/mol. The minimum absolute atomic E-state index is 0.193. The summed E-state index contributed by atoms with van der Waals surface area (Å²) in [6.45, 7) is 2.13. The standard InChI is InChI=1S/C13H16BrN5/c1-2-11(9-6-4-3-5-7-9)17-12-10(14)8-16-13(18-12)19-15/h3-8,11H,2,15H2,1H3,(H2,16,17,18,19). The van der Waals surface area contributed by atoms with Gasteiger partial charge in [0.25, 0.3) is 0 Å². The zero-order valence-corrected chi connectivity index (χ0v) is 12.2. The molecule has 0 spiro atoms. The molecule has 5 nitrogen and oxygen atoms in total. The van der Waals surface area contributed by atoms with Crippen molar-refractivity contribution in [2.75, 3.05) is 10.7 Å². The van der Waals surface area contributed by atoms with Crippen LogP contribution in [-0.2, 0) is 0 Å². The molecule has 1 heterocycles. The van der Waals surface area contributed by atoms with Crippen LogP contribution in [0.25, 0.3) is 0 Å². The van der Waals surface area contributed by atoms with Crippen LogP contribution in [-0.4, -0.2) is 9.97 Å². The quantitative estimate of drug-likeness (QED) is 0.582. The van der Waals surface area contributed by atoms with Crippen molar-refractivity contribution in [3.05, 3.63) is 46.6 Å². The van der Waals surface area contributed by atoms with E-state index in [1.54, 1.807) is 6.20 Å². The molecule has 0 aliphatic rings. The van der Waals surface area contributed by atoms with Crippen molar-refractivity contribution in [1.29, 1.82) is 0 Å². The second-order valence-corrected chi connectivity index (χ2v) is 4.90. The molecular weight excluding hydrogens is 306 g/mol. The fourth-order valence-electron chi connectivity index (χ4n) is 1.81. The van der Waals surface area contributed by atoms with Crippen molar-refractivity contribution in [1.82, 2.24) is 9.97 Å². The molecule has 1 unspecified atom stereocenters. The third-order valence-electron chi connectivity index (χ3n) is 2.79. The molecule has 0 radical (unpaired) electrons. The van der Waals surface area contributed by atoms with Crippen LogP contribution in [0.2, 0.25) is 0 Å².